The average molecular weight is 259 g/mol. The standard InChI is InChI=1S/C8H10BF3NS.K/c1-5-6(4-13)2-7(3-8(5)14)9(10,11)12;/h2-3,14H,4,13H2,1H3;/q-1;+1. The number of hydrogen-bond acceptors (Lipinski definition) is 2. The molecule has 0 spiro atoms. The third kappa shape index (κ3) is 4.07. The number of hydrogen-bond donors (Lipinski definition) is 2. The first-order valence-corrected chi connectivity index (χ1v) is 4.53. The number of nitrogens with two attached hydrogens (primary N) is 1. The van der Waals surface area contributed by atoms with Gasteiger partial charge in [0.25, 0.3) is 0 Å². The van der Waals surface area contributed by atoms with Crippen molar-refractivity contribution < 1.29 is 64.3 Å². The van der Waals surface area contributed by atoms with Crippen molar-refractivity contribution in [2.45, 2.75) is 18.4 Å². The molecular formula is C8H10BF3KNS. The Morgan fingerprint density at radius 1 is 1.33 bits per heavy atom. The van der Waals surface area contributed by atoms with Crippen LogP contribution < -0.4 is 62.6 Å². The van der Waals surface area contributed by atoms with Gasteiger partial charge in [0.2, 0.25) is 0 Å². The molecule has 0 unspecified atom stereocenters. The Labute approximate surface area is 135 Å². The molecule has 0 aliphatic rings. The number of thiol groups is 1. The van der Waals surface area contributed by atoms with Crippen LogP contribution >= 0.6 is 12.6 Å². The maximum absolute atomic E-state index is 12.4. The van der Waals surface area contributed by atoms with Gasteiger partial charge in [0.15, 0.2) is 0 Å². The Bertz CT molecular complexity index is 356. The summed E-state index contributed by atoms with van der Waals surface area (Å²) < 4.78 is 37.2. The number of rotatable bonds is 2. The predicted octanol–water partition coefficient (Wildman–Crippen LogP) is -1.20. The summed E-state index contributed by atoms with van der Waals surface area (Å²) in [4.78, 5) is 0.335. The van der Waals surface area contributed by atoms with Crippen molar-refractivity contribution in [3.8, 4) is 0 Å². The van der Waals surface area contributed by atoms with E-state index in [0.29, 0.717) is 16.0 Å². The number of benzene rings is 1. The predicted molar refractivity (Wildman–Crippen MR) is 55.0 cm³/mol. The molecular weight excluding hydrogens is 249 g/mol. The van der Waals surface area contributed by atoms with Crippen molar-refractivity contribution in [1.29, 1.82) is 0 Å². The third-order valence-electron chi connectivity index (χ3n) is 2.11. The van der Waals surface area contributed by atoms with Crippen LogP contribution in [-0.4, -0.2) is 6.98 Å². The van der Waals surface area contributed by atoms with Gasteiger partial charge in [-0.15, -0.1) is 18.1 Å². The SMILES string of the molecule is Cc1c(S)cc([B-](F)(F)F)cc1CN.[K+]. The van der Waals surface area contributed by atoms with Crippen LogP contribution in [0.5, 0.6) is 0 Å². The first-order chi connectivity index (χ1) is 6.36. The van der Waals surface area contributed by atoms with Crippen LogP contribution in [0, 0.1) is 6.92 Å². The summed E-state index contributed by atoms with van der Waals surface area (Å²) in [6.45, 7) is -3.17. The van der Waals surface area contributed by atoms with Crippen molar-refractivity contribution in [2.24, 2.45) is 5.73 Å². The quantitative estimate of drug-likeness (QED) is 0.506. The van der Waals surface area contributed by atoms with Gasteiger partial charge in [0.05, 0.1) is 0 Å². The smallest absolute Gasteiger partial charge is 0.445 e. The summed E-state index contributed by atoms with van der Waals surface area (Å²) in [5, 5.41) is 0. The minimum Gasteiger partial charge on any atom is -0.445 e. The fourth-order valence-corrected chi connectivity index (χ4v) is 1.48. The van der Waals surface area contributed by atoms with Crippen LogP contribution in [0.15, 0.2) is 17.0 Å². The first-order valence-electron chi connectivity index (χ1n) is 4.08. The second kappa shape index (κ2) is 6.09. The van der Waals surface area contributed by atoms with Gasteiger partial charge in [-0.1, -0.05) is 12.1 Å². The molecule has 7 heteroatoms. The Hall–Kier alpha value is 1.02. The Morgan fingerprint density at radius 3 is 2.27 bits per heavy atom. The van der Waals surface area contributed by atoms with E-state index in [1.807, 2.05) is 0 Å². The molecule has 0 saturated heterocycles. The molecule has 0 bridgehead atoms. The van der Waals surface area contributed by atoms with Gasteiger partial charge >= 0.3 is 58.4 Å². The summed E-state index contributed by atoms with van der Waals surface area (Å²) in [6.07, 6.45) is 0. The Kier molecular flexibility index (Phi) is 6.50. The molecule has 0 fully saturated rings. The average Bonchev–Trinajstić information content (AvgIpc) is 2.07. The molecule has 2 N–H and O–H groups in total. The van der Waals surface area contributed by atoms with E-state index >= 15 is 0 Å². The molecule has 0 amide bonds. The molecule has 78 valence electrons. The number of halogens is 3. The summed E-state index contributed by atoms with van der Waals surface area (Å²) in [6, 6.07) is 2.13. The fraction of sp³-hybridized carbons (Fsp3) is 0.250. The summed E-state index contributed by atoms with van der Waals surface area (Å²) >= 11 is 3.98. The van der Waals surface area contributed by atoms with E-state index < -0.39 is 12.4 Å². The van der Waals surface area contributed by atoms with Crippen molar-refractivity contribution in [2.75, 3.05) is 0 Å². The molecule has 15 heavy (non-hydrogen) atoms. The van der Waals surface area contributed by atoms with Crippen molar-refractivity contribution in [1.82, 2.24) is 0 Å². The van der Waals surface area contributed by atoms with E-state index in [9.17, 15) is 12.9 Å². The van der Waals surface area contributed by atoms with Crippen LogP contribution in [-0.2, 0) is 6.54 Å². The topological polar surface area (TPSA) is 26.0 Å². The monoisotopic (exact) mass is 259 g/mol. The molecule has 0 saturated carbocycles. The Balaban J connectivity index is 0.00000196. The zero-order chi connectivity index (χ0) is 10.9. The van der Waals surface area contributed by atoms with E-state index in [1.54, 1.807) is 6.92 Å². The van der Waals surface area contributed by atoms with Gasteiger partial charge in [-0.3, -0.25) is 0 Å². The van der Waals surface area contributed by atoms with E-state index in [-0.39, 0.29) is 57.9 Å². The van der Waals surface area contributed by atoms with Crippen LogP contribution in [0.3, 0.4) is 0 Å². The van der Waals surface area contributed by atoms with E-state index in [4.69, 9.17) is 5.73 Å². The maximum Gasteiger partial charge on any atom is 1.00 e. The minimum atomic E-state index is -4.97. The second-order valence-corrected chi connectivity index (χ2v) is 3.58. The van der Waals surface area contributed by atoms with Crippen LogP contribution in [0.2, 0.25) is 0 Å². The second-order valence-electron chi connectivity index (χ2n) is 3.10. The molecule has 1 aromatic carbocycles. The van der Waals surface area contributed by atoms with Gasteiger partial charge in [-0.2, -0.15) is 0 Å². The van der Waals surface area contributed by atoms with Crippen LogP contribution in [0.25, 0.3) is 0 Å². The Morgan fingerprint density at radius 2 is 1.87 bits per heavy atom. The van der Waals surface area contributed by atoms with E-state index in [1.165, 1.54) is 0 Å². The van der Waals surface area contributed by atoms with Crippen molar-refractivity contribution in [3.05, 3.63) is 23.3 Å². The van der Waals surface area contributed by atoms with Gasteiger partial charge in [0.1, 0.15) is 0 Å². The normalized spacial score (nSPS) is 11.1. The van der Waals surface area contributed by atoms with Gasteiger partial charge < -0.3 is 18.7 Å². The molecule has 0 atom stereocenters. The molecule has 1 nitrogen and oxygen atoms in total. The molecule has 0 aromatic heterocycles. The first kappa shape index (κ1) is 16.0. The molecule has 0 radical (unpaired) electrons. The zero-order valence-corrected chi connectivity index (χ0v) is 12.6. The van der Waals surface area contributed by atoms with E-state index in [0.717, 1.165) is 12.1 Å². The van der Waals surface area contributed by atoms with Crippen molar-refractivity contribution in [3.63, 3.8) is 0 Å². The van der Waals surface area contributed by atoms with Gasteiger partial charge in [0, 0.05) is 11.4 Å². The van der Waals surface area contributed by atoms with Crippen molar-refractivity contribution >= 4 is 25.1 Å². The third-order valence-corrected chi connectivity index (χ3v) is 2.57. The van der Waals surface area contributed by atoms with Crippen LogP contribution in [0.4, 0.5) is 12.9 Å². The largest absolute Gasteiger partial charge is 1.00 e. The minimum absolute atomic E-state index is 0. The molecule has 0 heterocycles. The molecule has 0 aliphatic heterocycles. The van der Waals surface area contributed by atoms with Gasteiger partial charge in [-0.05, 0) is 18.1 Å². The maximum atomic E-state index is 12.4. The summed E-state index contributed by atoms with van der Waals surface area (Å²) in [7, 11) is 0. The molecule has 1 aromatic rings. The molecule has 0 aliphatic carbocycles. The fourth-order valence-electron chi connectivity index (χ4n) is 1.18. The summed E-state index contributed by atoms with van der Waals surface area (Å²) in [5.74, 6) is 0. The summed E-state index contributed by atoms with van der Waals surface area (Å²) in [5.41, 5.74) is 5.90. The van der Waals surface area contributed by atoms with Gasteiger partial charge in [-0.25, -0.2) is 0 Å². The zero-order valence-electron chi connectivity index (χ0n) is 8.60. The van der Waals surface area contributed by atoms with E-state index in [2.05, 4.69) is 12.6 Å². The van der Waals surface area contributed by atoms with Crippen LogP contribution in [0.1, 0.15) is 11.1 Å². The molecule has 1 rings (SSSR count).